The SMILES string of the molecule is CCO[C@H]1CC(O)C(O)CC[C@@H]1O. The van der Waals surface area contributed by atoms with Crippen LogP contribution in [0, 0.1) is 0 Å². The van der Waals surface area contributed by atoms with E-state index in [0.717, 1.165) is 0 Å². The Morgan fingerprint density at radius 1 is 1.08 bits per heavy atom. The van der Waals surface area contributed by atoms with Gasteiger partial charge in [0.25, 0.3) is 0 Å². The lowest BCUT2D eigenvalue weighted by Gasteiger charge is -2.21. The van der Waals surface area contributed by atoms with Gasteiger partial charge >= 0.3 is 0 Å². The van der Waals surface area contributed by atoms with Crippen molar-refractivity contribution in [3.63, 3.8) is 0 Å². The van der Waals surface area contributed by atoms with Crippen molar-refractivity contribution in [1.29, 1.82) is 0 Å². The zero-order chi connectivity index (χ0) is 9.84. The number of aliphatic hydroxyl groups is 3. The standard InChI is InChI=1S/C9H18O4/c1-2-13-9-5-8(12)6(10)3-4-7(9)11/h6-12H,2-5H2,1H3/t6?,7-,8?,9-/m0/s1. The fraction of sp³-hybridized carbons (Fsp3) is 1.00. The van der Waals surface area contributed by atoms with Crippen LogP contribution in [0.5, 0.6) is 0 Å². The van der Waals surface area contributed by atoms with Crippen molar-refractivity contribution in [3.05, 3.63) is 0 Å². The average Bonchev–Trinajstić information content (AvgIpc) is 2.21. The second-order valence-electron chi connectivity index (χ2n) is 3.51. The molecule has 0 aliphatic heterocycles. The van der Waals surface area contributed by atoms with E-state index in [1.165, 1.54) is 0 Å². The van der Waals surface area contributed by atoms with Gasteiger partial charge in [-0.15, -0.1) is 0 Å². The predicted octanol–water partition coefficient (Wildman–Crippen LogP) is -0.342. The van der Waals surface area contributed by atoms with E-state index in [-0.39, 0.29) is 6.10 Å². The molecule has 1 aliphatic rings. The Bertz CT molecular complexity index is 151. The molecule has 1 saturated carbocycles. The largest absolute Gasteiger partial charge is 0.390 e. The van der Waals surface area contributed by atoms with Gasteiger partial charge in [-0.25, -0.2) is 0 Å². The summed E-state index contributed by atoms with van der Waals surface area (Å²) in [6.07, 6.45) is -1.15. The topological polar surface area (TPSA) is 69.9 Å². The Hall–Kier alpha value is -0.160. The molecule has 1 fully saturated rings. The Labute approximate surface area is 78.1 Å². The van der Waals surface area contributed by atoms with Crippen molar-refractivity contribution in [3.8, 4) is 0 Å². The molecule has 78 valence electrons. The lowest BCUT2D eigenvalue weighted by molar-refractivity contribution is -0.0565. The van der Waals surface area contributed by atoms with Crippen LogP contribution in [0.4, 0.5) is 0 Å². The van der Waals surface area contributed by atoms with Crippen molar-refractivity contribution in [2.24, 2.45) is 0 Å². The third kappa shape index (κ3) is 2.91. The first-order valence-corrected chi connectivity index (χ1v) is 4.81. The quantitative estimate of drug-likeness (QED) is 0.521. The first-order valence-electron chi connectivity index (χ1n) is 4.81. The van der Waals surface area contributed by atoms with Gasteiger partial charge in [-0.3, -0.25) is 0 Å². The molecular formula is C9H18O4. The van der Waals surface area contributed by atoms with Gasteiger partial charge < -0.3 is 20.1 Å². The minimum Gasteiger partial charge on any atom is -0.390 e. The Morgan fingerprint density at radius 3 is 2.31 bits per heavy atom. The molecule has 0 bridgehead atoms. The monoisotopic (exact) mass is 190 g/mol. The van der Waals surface area contributed by atoms with Crippen LogP contribution in [0.2, 0.25) is 0 Å². The van der Waals surface area contributed by atoms with Crippen LogP contribution in [0.3, 0.4) is 0 Å². The molecule has 4 heteroatoms. The summed E-state index contributed by atoms with van der Waals surface area (Å²) in [5, 5.41) is 28.3. The number of aliphatic hydroxyl groups excluding tert-OH is 3. The van der Waals surface area contributed by atoms with Crippen molar-refractivity contribution >= 4 is 0 Å². The van der Waals surface area contributed by atoms with Crippen LogP contribution < -0.4 is 0 Å². The minimum absolute atomic E-state index is 0.316. The second kappa shape index (κ2) is 4.91. The lowest BCUT2D eigenvalue weighted by Crippen LogP contribution is -2.32. The zero-order valence-corrected chi connectivity index (χ0v) is 7.89. The maximum atomic E-state index is 9.57. The Kier molecular flexibility index (Phi) is 4.12. The van der Waals surface area contributed by atoms with Gasteiger partial charge in [-0.2, -0.15) is 0 Å². The summed E-state index contributed by atoms with van der Waals surface area (Å²) in [6, 6.07) is 0. The number of ether oxygens (including phenoxy) is 1. The minimum atomic E-state index is -0.770. The van der Waals surface area contributed by atoms with E-state index < -0.39 is 18.3 Å². The van der Waals surface area contributed by atoms with Gasteiger partial charge in [-0.05, 0) is 19.8 Å². The van der Waals surface area contributed by atoms with Crippen LogP contribution in [0.1, 0.15) is 26.2 Å². The highest BCUT2D eigenvalue weighted by Gasteiger charge is 2.31. The molecule has 0 saturated heterocycles. The summed E-state index contributed by atoms with van der Waals surface area (Å²) in [5.41, 5.74) is 0. The molecule has 0 aromatic carbocycles. The van der Waals surface area contributed by atoms with Gasteiger partial charge in [0.05, 0.1) is 24.4 Å². The van der Waals surface area contributed by atoms with E-state index in [2.05, 4.69) is 0 Å². The van der Waals surface area contributed by atoms with E-state index >= 15 is 0 Å². The summed E-state index contributed by atoms with van der Waals surface area (Å²) in [6.45, 7) is 2.37. The van der Waals surface area contributed by atoms with E-state index in [1.54, 1.807) is 0 Å². The molecule has 0 aromatic heterocycles. The van der Waals surface area contributed by atoms with Gasteiger partial charge in [0.2, 0.25) is 0 Å². The average molecular weight is 190 g/mol. The molecule has 13 heavy (non-hydrogen) atoms. The van der Waals surface area contributed by atoms with Crippen molar-refractivity contribution in [1.82, 2.24) is 0 Å². The molecule has 2 unspecified atom stereocenters. The molecule has 4 nitrogen and oxygen atoms in total. The van der Waals surface area contributed by atoms with Crippen LogP contribution in [0.15, 0.2) is 0 Å². The molecular weight excluding hydrogens is 172 g/mol. The van der Waals surface area contributed by atoms with Crippen LogP contribution >= 0.6 is 0 Å². The highest BCUT2D eigenvalue weighted by atomic mass is 16.5. The molecule has 4 atom stereocenters. The van der Waals surface area contributed by atoms with Gasteiger partial charge in [0.15, 0.2) is 0 Å². The fourth-order valence-electron chi connectivity index (χ4n) is 1.67. The van der Waals surface area contributed by atoms with Crippen LogP contribution in [0.25, 0.3) is 0 Å². The van der Waals surface area contributed by atoms with Crippen molar-refractivity contribution < 1.29 is 20.1 Å². The van der Waals surface area contributed by atoms with Crippen LogP contribution in [-0.2, 0) is 4.74 Å². The molecule has 1 rings (SSSR count). The fourth-order valence-corrected chi connectivity index (χ4v) is 1.67. The van der Waals surface area contributed by atoms with Crippen molar-refractivity contribution in [2.75, 3.05) is 6.61 Å². The van der Waals surface area contributed by atoms with E-state index in [1.807, 2.05) is 6.92 Å². The first-order chi connectivity index (χ1) is 6.15. The summed E-state index contributed by atoms with van der Waals surface area (Å²) < 4.78 is 5.27. The predicted molar refractivity (Wildman–Crippen MR) is 47.3 cm³/mol. The summed E-state index contributed by atoms with van der Waals surface area (Å²) in [4.78, 5) is 0. The van der Waals surface area contributed by atoms with Crippen molar-refractivity contribution in [2.45, 2.75) is 50.6 Å². The van der Waals surface area contributed by atoms with Gasteiger partial charge in [0, 0.05) is 13.0 Å². The van der Waals surface area contributed by atoms with Crippen LogP contribution in [-0.4, -0.2) is 46.3 Å². The van der Waals surface area contributed by atoms with Gasteiger partial charge in [0.1, 0.15) is 0 Å². The second-order valence-corrected chi connectivity index (χ2v) is 3.51. The molecule has 0 radical (unpaired) electrons. The van der Waals surface area contributed by atoms with E-state index in [9.17, 15) is 15.3 Å². The molecule has 1 aliphatic carbocycles. The highest BCUT2D eigenvalue weighted by Crippen LogP contribution is 2.21. The molecule has 0 spiro atoms. The maximum Gasteiger partial charge on any atom is 0.0859 e. The van der Waals surface area contributed by atoms with Gasteiger partial charge in [-0.1, -0.05) is 0 Å². The number of rotatable bonds is 2. The number of hydrogen-bond acceptors (Lipinski definition) is 4. The lowest BCUT2D eigenvalue weighted by atomic mass is 10.1. The molecule has 0 amide bonds. The molecule has 0 aromatic rings. The molecule has 3 N–H and O–H groups in total. The molecule has 0 heterocycles. The summed E-state index contributed by atoms with van der Waals surface area (Å²) >= 11 is 0. The summed E-state index contributed by atoms with van der Waals surface area (Å²) in [7, 11) is 0. The summed E-state index contributed by atoms with van der Waals surface area (Å²) in [5.74, 6) is 0. The van der Waals surface area contributed by atoms with E-state index in [4.69, 9.17) is 4.74 Å². The van der Waals surface area contributed by atoms with E-state index in [0.29, 0.717) is 25.9 Å². The number of hydrogen-bond donors (Lipinski definition) is 3. The normalized spacial score (nSPS) is 41.5. The Balaban J connectivity index is 2.52. The first kappa shape index (κ1) is 10.9. The Morgan fingerprint density at radius 2 is 1.69 bits per heavy atom. The third-order valence-corrected chi connectivity index (χ3v) is 2.49. The maximum absolute atomic E-state index is 9.57. The zero-order valence-electron chi connectivity index (χ0n) is 7.89. The highest BCUT2D eigenvalue weighted by molar-refractivity contribution is 4.82. The third-order valence-electron chi connectivity index (χ3n) is 2.49. The smallest absolute Gasteiger partial charge is 0.0859 e.